The zero-order chi connectivity index (χ0) is 17.1. The Hall–Kier alpha value is -2.25. The number of thiazole rings is 1. The van der Waals surface area contributed by atoms with E-state index in [9.17, 15) is 4.79 Å². The lowest BCUT2D eigenvalue weighted by molar-refractivity contribution is -0.115. The van der Waals surface area contributed by atoms with Crippen molar-refractivity contribution in [1.29, 1.82) is 0 Å². The summed E-state index contributed by atoms with van der Waals surface area (Å²) >= 11 is 2.91. The summed E-state index contributed by atoms with van der Waals surface area (Å²) in [5.74, 6) is 0.694. The number of amides is 1. The second-order valence-electron chi connectivity index (χ2n) is 5.17. The van der Waals surface area contributed by atoms with Crippen LogP contribution in [0.4, 0.5) is 10.8 Å². The second kappa shape index (κ2) is 7.11. The number of nitrogens with one attached hydrogen (secondary N) is 1. The third-order valence-corrected chi connectivity index (χ3v) is 5.43. The number of hydrogen-bond acceptors (Lipinski definition) is 6. The second-order valence-corrected chi connectivity index (χ2v) is 7.62. The Morgan fingerprint density at radius 1 is 1.29 bits per heavy atom. The number of anilines is 2. The van der Waals surface area contributed by atoms with Crippen LogP contribution in [0, 0.1) is 0 Å². The molecule has 0 saturated heterocycles. The SMILES string of the molecule is COc1ccc2nc(NC(=O)C(C)Sc3ccc(N)cc3)sc2c1. The predicted molar refractivity (Wildman–Crippen MR) is 101 cm³/mol. The maximum Gasteiger partial charge on any atom is 0.239 e. The minimum Gasteiger partial charge on any atom is -0.497 e. The van der Waals surface area contributed by atoms with Crippen LogP contribution in [0.25, 0.3) is 10.2 Å². The molecule has 0 aliphatic carbocycles. The van der Waals surface area contributed by atoms with Crippen molar-refractivity contribution in [3.05, 3.63) is 42.5 Å². The predicted octanol–water partition coefficient (Wildman–Crippen LogP) is 4.01. The molecule has 3 N–H and O–H groups in total. The highest BCUT2D eigenvalue weighted by Gasteiger charge is 2.16. The first-order valence-corrected chi connectivity index (χ1v) is 9.02. The van der Waals surface area contributed by atoms with E-state index in [4.69, 9.17) is 10.5 Å². The number of aromatic nitrogens is 1. The monoisotopic (exact) mass is 359 g/mol. The molecule has 0 radical (unpaired) electrons. The number of hydrogen-bond donors (Lipinski definition) is 2. The number of nitrogens with two attached hydrogens (primary N) is 1. The highest BCUT2D eigenvalue weighted by atomic mass is 32.2. The van der Waals surface area contributed by atoms with E-state index in [2.05, 4.69) is 10.3 Å². The number of nitrogens with zero attached hydrogens (tertiary/aromatic N) is 1. The lowest BCUT2D eigenvalue weighted by atomic mass is 10.3. The zero-order valence-corrected chi connectivity index (χ0v) is 14.9. The lowest BCUT2D eigenvalue weighted by Gasteiger charge is -2.10. The molecule has 1 amide bonds. The van der Waals surface area contributed by atoms with Gasteiger partial charge in [-0.25, -0.2) is 4.98 Å². The zero-order valence-electron chi connectivity index (χ0n) is 13.3. The van der Waals surface area contributed by atoms with Gasteiger partial charge in [0.2, 0.25) is 5.91 Å². The molecule has 0 fully saturated rings. The molecular weight excluding hydrogens is 342 g/mol. The van der Waals surface area contributed by atoms with Crippen LogP contribution in [0.1, 0.15) is 6.92 Å². The molecule has 5 nitrogen and oxygen atoms in total. The normalized spacial score (nSPS) is 12.1. The van der Waals surface area contributed by atoms with Crippen molar-refractivity contribution in [2.75, 3.05) is 18.2 Å². The van der Waals surface area contributed by atoms with Gasteiger partial charge in [-0.3, -0.25) is 4.79 Å². The van der Waals surface area contributed by atoms with Gasteiger partial charge in [0.25, 0.3) is 0 Å². The van der Waals surface area contributed by atoms with Gasteiger partial charge in [-0.1, -0.05) is 11.3 Å². The topological polar surface area (TPSA) is 77.2 Å². The van der Waals surface area contributed by atoms with Crippen molar-refractivity contribution in [2.24, 2.45) is 0 Å². The molecule has 124 valence electrons. The molecule has 24 heavy (non-hydrogen) atoms. The van der Waals surface area contributed by atoms with Crippen LogP contribution in [-0.2, 0) is 4.79 Å². The highest BCUT2D eigenvalue weighted by molar-refractivity contribution is 8.00. The molecule has 1 unspecified atom stereocenters. The number of rotatable bonds is 5. The van der Waals surface area contributed by atoms with E-state index in [0.717, 1.165) is 20.9 Å². The van der Waals surface area contributed by atoms with E-state index in [-0.39, 0.29) is 11.2 Å². The summed E-state index contributed by atoms with van der Waals surface area (Å²) in [6.07, 6.45) is 0. The summed E-state index contributed by atoms with van der Waals surface area (Å²) in [5, 5.41) is 3.23. The number of carbonyl (C=O) groups excluding carboxylic acids is 1. The number of ether oxygens (including phenoxy) is 1. The van der Waals surface area contributed by atoms with E-state index in [1.807, 2.05) is 49.4 Å². The Morgan fingerprint density at radius 3 is 2.75 bits per heavy atom. The Balaban J connectivity index is 1.68. The Bertz CT molecular complexity index is 862. The smallest absolute Gasteiger partial charge is 0.239 e. The van der Waals surface area contributed by atoms with Gasteiger partial charge in [-0.15, -0.1) is 11.8 Å². The fourth-order valence-electron chi connectivity index (χ4n) is 2.10. The van der Waals surface area contributed by atoms with Crippen LogP contribution in [0.3, 0.4) is 0 Å². The molecule has 0 aliphatic heterocycles. The fraction of sp³-hybridized carbons (Fsp3) is 0.176. The third kappa shape index (κ3) is 3.80. The van der Waals surface area contributed by atoms with Crippen LogP contribution in [0.5, 0.6) is 5.75 Å². The van der Waals surface area contributed by atoms with E-state index in [1.165, 1.54) is 23.1 Å². The molecule has 2 aromatic carbocycles. The minimum atomic E-state index is -0.241. The molecule has 1 atom stereocenters. The van der Waals surface area contributed by atoms with Gasteiger partial charge in [-0.2, -0.15) is 0 Å². The van der Waals surface area contributed by atoms with Gasteiger partial charge in [0, 0.05) is 10.6 Å². The number of methoxy groups -OCH3 is 1. The minimum absolute atomic E-state index is 0.0807. The molecule has 7 heteroatoms. The van der Waals surface area contributed by atoms with Gasteiger partial charge in [0.1, 0.15) is 5.75 Å². The third-order valence-electron chi connectivity index (χ3n) is 3.39. The number of fused-ring (bicyclic) bond motifs is 1. The molecule has 1 heterocycles. The molecular formula is C17H17N3O2S2. The van der Waals surface area contributed by atoms with Gasteiger partial charge < -0.3 is 15.8 Å². The molecule has 0 spiro atoms. The fourth-order valence-corrected chi connectivity index (χ4v) is 3.86. The van der Waals surface area contributed by atoms with E-state index in [0.29, 0.717) is 10.8 Å². The summed E-state index contributed by atoms with van der Waals surface area (Å²) in [6, 6.07) is 13.1. The largest absolute Gasteiger partial charge is 0.497 e. The first-order chi connectivity index (χ1) is 11.5. The van der Waals surface area contributed by atoms with E-state index in [1.54, 1.807) is 7.11 Å². The summed E-state index contributed by atoms with van der Waals surface area (Å²) in [7, 11) is 1.63. The van der Waals surface area contributed by atoms with Crippen LogP contribution in [0.2, 0.25) is 0 Å². The van der Waals surface area contributed by atoms with Crippen molar-refractivity contribution in [2.45, 2.75) is 17.1 Å². The van der Waals surface area contributed by atoms with Gasteiger partial charge in [0.05, 0.1) is 22.6 Å². The van der Waals surface area contributed by atoms with Crippen molar-refractivity contribution < 1.29 is 9.53 Å². The van der Waals surface area contributed by atoms with Crippen molar-refractivity contribution in [3.8, 4) is 5.75 Å². The molecule has 0 saturated carbocycles. The average Bonchev–Trinajstić information content (AvgIpc) is 2.97. The summed E-state index contributed by atoms with van der Waals surface area (Å²) < 4.78 is 6.18. The van der Waals surface area contributed by atoms with Gasteiger partial charge in [0.15, 0.2) is 5.13 Å². The Kier molecular flexibility index (Phi) is 4.92. The van der Waals surface area contributed by atoms with Crippen LogP contribution in [0.15, 0.2) is 47.4 Å². The number of thioether (sulfide) groups is 1. The molecule has 1 aromatic heterocycles. The summed E-state index contributed by atoms with van der Waals surface area (Å²) in [4.78, 5) is 17.8. The van der Waals surface area contributed by atoms with E-state index < -0.39 is 0 Å². The maximum absolute atomic E-state index is 12.4. The highest BCUT2D eigenvalue weighted by Crippen LogP contribution is 2.30. The number of benzene rings is 2. The number of nitrogen functional groups attached to an aromatic ring is 1. The first kappa shape index (κ1) is 16.6. The molecule has 3 aromatic rings. The van der Waals surface area contributed by atoms with Crippen molar-refractivity contribution >= 4 is 50.0 Å². The molecule has 3 rings (SSSR count). The number of carbonyl (C=O) groups is 1. The van der Waals surface area contributed by atoms with Crippen LogP contribution >= 0.6 is 23.1 Å². The molecule has 0 bridgehead atoms. The van der Waals surface area contributed by atoms with Gasteiger partial charge >= 0.3 is 0 Å². The van der Waals surface area contributed by atoms with E-state index >= 15 is 0 Å². The van der Waals surface area contributed by atoms with Crippen LogP contribution < -0.4 is 15.8 Å². The Labute approximate surface area is 148 Å². The maximum atomic E-state index is 12.4. The summed E-state index contributed by atoms with van der Waals surface area (Å²) in [5.41, 5.74) is 7.22. The van der Waals surface area contributed by atoms with Crippen molar-refractivity contribution in [1.82, 2.24) is 4.98 Å². The van der Waals surface area contributed by atoms with Crippen LogP contribution in [-0.4, -0.2) is 23.3 Å². The quantitative estimate of drug-likeness (QED) is 0.532. The van der Waals surface area contributed by atoms with Crippen molar-refractivity contribution in [3.63, 3.8) is 0 Å². The lowest BCUT2D eigenvalue weighted by Crippen LogP contribution is -2.22. The first-order valence-electron chi connectivity index (χ1n) is 7.33. The Morgan fingerprint density at radius 2 is 2.04 bits per heavy atom. The average molecular weight is 359 g/mol. The standard InChI is InChI=1S/C17H17N3O2S2/c1-10(23-13-6-3-11(18)4-7-13)16(21)20-17-19-14-8-5-12(22-2)9-15(14)24-17/h3-10H,18H2,1-2H3,(H,19,20,21). The van der Waals surface area contributed by atoms with Gasteiger partial charge in [-0.05, 0) is 49.4 Å². The summed E-state index contributed by atoms with van der Waals surface area (Å²) in [6.45, 7) is 1.87. The molecule has 0 aliphatic rings.